The Labute approximate surface area is 174 Å². The zero-order valence-electron chi connectivity index (χ0n) is 17.9. The van der Waals surface area contributed by atoms with Gasteiger partial charge in [-0.3, -0.25) is 4.90 Å². The van der Waals surface area contributed by atoms with Crippen molar-refractivity contribution < 1.29 is 19.7 Å². The van der Waals surface area contributed by atoms with E-state index in [0.29, 0.717) is 13.1 Å². The van der Waals surface area contributed by atoms with Crippen molar-refractivity contribution in [2.75, 3.05) is 32.8 Å². The van der Waals surface area contributed by atoms with E-state index < -0.39 is 12.2 Å². The van der Waals surface area contributed by atoms with Gasteiger partial charge in [0.2, 0.25) is 0 Å². The number of hydrogen-bond donors (Lipinski definition) is 2. The quantitative estimate of drug-likeness (QED) is 0.537. The Balaban J connectivity index is 1.80. The van der Waals surface area contributed by atoms with Gasteiger partial charge in [0.1, 0.15) is 36.9 Å². The van der Waals surface area contributed by atoms with Crippen LogP contribution >= 0.6 is 0 Å². The van der Waals surface area contributed by atoms with Crippen LogP contribution < -0.4 is 9.47 Å². The lowest BCUT2D eigenvalue weighted by Crippen LogP contribution is -2.42. The molecule has 0 heterocycles. The highest BCUT2D eigenvalue weighted by Gasteiger charge is 2.17. The molecule has 2 atom stereocenters. The number of benzene rings is 2. The lowest BCUT2D eigenvalue weighted by atomic mass is 10.2. The second-order valence-electron chi connectivity index (χ2n) is 7.68. The van der Waals surface area contributed by atoms with Gasteiger partial charge in [0.15, 0.2) is 0 Å². The second-order valence-corrected chi connectivity index (χ2v) is 7.68. The highest BCUT2D eigenvalue weighted by Crippen LogP contribution is 2.14. The molecule has 160 valence electrons. The summed E-state index contributed by atoms with van der Waals surface area (Å²) in [7, 11) is 0. The molecule has 0 unspecified atom stereocenters. The largest absolute Gasteiger partial charge is 0.491 e. The smallest absolute Gasteiger partial charge is 0.119 e. The monoisotopic (exact) mass is 401 g/mol. The summed E-state index contributed by atoms with van der Waals surface area (Å²) in [6, 6.07) is 15.6. The third-order valence-corrected chi connectivity index (χ3v) is 4.63. The zero-order valence-corrected chi connectivity index (χ0v) is 17.9. The third kappa shape index (κ3) is 9.31. The topological polar surface area (TPSA) is 62.2 Å². The molecule has 0 saturated carbocycles. The number of rotatable bonds is 13. The lowest BCUT2D eigenvalue weighted by molar-refractivity contribution is 0.0309. The number of aliphatic hydroxyl groups excluding tert-OH is 2. The van der Waals surface area contributed by atoms with E-state index in [1.807, 2.05) is 62.4 Å². The fraction of sp³-hybridized carbons (Fsp3) is 0.500. The summed E-state index contributed by atoms with van der Waals surface area (Å²) in [4.78, 5) is 2.08. The number of aliphatic hydroxyl groups is 2. The first-order valence-electron chi connectivity index (χ1n) is 10.4. The van der Waals surface area contributed by atoms with Crippen LogP contribution in [-0.2, 0) is 0 Å². The zero-order chi connectivity index (χ0) is 21.1. The molecule has 5 nitrogen and oxygen atoms in total. The first kappa shape index (κ1) is 23.2. The van der Waals surface area contributed by atoms with E-state index in [0.717, 1.165) is 42.0 Å². The predicted molar refractivity (Wildman–Crippen MR) is 117 cm³/mol. The van der Waals surface area contributed by atoms with Gasteiger partial charge < -0.3 is 19.7 Å². The SMILES string of the molecule is CCCCN(C[C@@H](O)COc1cccc(C)c1)C[C@@H](O)COc1cccc(C)c1. The molecule has 0 aliphatic rings. The van der Waals surface area contributed by atoms with Crippen molar-refractivity contribution in [3.63, 3.8) is 0 Å². The first-order valence-corrected chi connectivity index (χ1v) is 10.4. The molecule has 2 N–H and O–H groups in total. The Bertz CT molecular complexity index is 664. The Morgan fingerprint density at radius 3 is 1.72 bits per heavy atom. The van der Waals surface area contributed by atoms with Crippen molar-refractivity contribution >= 4 is 0 Å². The lowest BCUT2D eigenvalue weighted by Gasteiger charge is -2.27. The molecular formula is C24H35NO4. The van der Waals surface area contributed by atoms with E-state index in [2.05, 4.69) is 11.8 Å². The van der Waals surface area contributed by atoms with Crippen molar-refractivity contribution in [2.24, 2.45) is 0 Å². The van der Waals surface area contributed by atoms with E-state index in [-0.39, 0.29) is 13.2 Å². The van der Waals surface area contributed by atoms with Crippen molar-refractivity contribution in [3.8, 4) is 11.5 Å². The fourth-order valence-corrected chi connectivity index (χ4v) is 3.14. The summed E-state index contributed by atoms with van der Waals surface area (Å²) in [6.45, 7) is 8.32. The maximum atomic E-state index is 10.4. The number of nitrogens with zero attached hydrogens (tertiary/aromatic N) is 1. The Kier molecular flexibility index (Phi) is 9.98. The second kappa shape index (κ2) is 12.5. The molecule has 0 bridgehead atoms. The van der Waals surface area contributed by atoms with Gasteiger partial charge in [-0.1, -0.05) is 37.6 Å². The van der Waals surface area contributed by atoms with Gasteiger partial charge in [-0.2, -0.15) is 0 Å². The van der Waals surface area contributed by atoms with Crippen molar-refractivity contribution in [1.29, 1.82) is 0 Å². The molecule has 0 aliphatic carbocycles. The maximum absolute atomic E-state index is 10.4. The van der Waals surface area contributed by atoms with Crippen LogP contribution in [0.1, 0.15) is 30.9 Å². The summed E-state index contributed by atoms with van der Waals surface area (Å²) in [5.74, 6) is 1.52. The molecule has 2 rings (SSSR count). The summed E-state index contributed by atoms with van der Waals surface area (Å²) >= 11 is 0. The van der Waals surface area contributed by atoms with Gasteiger partial charge in [0, 0.05) is 13.1 Å². The number of aryl methyl sites for hydroxylation is 2. The van der Waals surface area contributed by atoms with Crippen molar-refractivity contribution in [1.82, 2.24) is 4.90 Å². The molecule has 0 aromatic heterocycles. The van der Waals surface area contributed by atoms with Crippen LogP contribution in [0.25, 0.3) is 0 Å². The third-order valence-electron chi connectivity index (χ3n) is 4.63. The highest BCUT2D eigenvalue weighted by atomic mass is 16.5. The number of ether oxygens (including phenoxy) is 2. The average Bonchev–Trinajstić information content (AvgIpc) is 2.69. The summed E-state index contributed by atoms with van der Waals surface area (Å²) in [5, 5.41) is 20.8. The molecule has 29 heavy (non-hydrogen) atoms. The molecule has 0 amide bonds. The van der Waals surface area contributed by atoms with Gasteiger partial charge in [0.05, 0.1) is 0 Å². The predicted octanol–water partition coefficient (Wildman–Crippen LogP) is 3.59. The van der Waals surface area contributed by atoms with E-state index in [1.165, 1.54) is 0 Å². The summed E-state index contributed by atoms with van der Waals surface area (Å²) in [6.07, 6.45) is 0.814. The minimum atomic E-state index is -0.628. The minimum Gasteiger partial charge on any atom is -0.491 e. The van der Waals surface area contributed by atoms with Gasteiger partial charge >= 0.3 is 0 Å². The van der Waals surface area contributed by atoms with Gasteiger partial charge in [-0.05, 0) is 62.2 Å². The molecular weight excluding hydrogens is 366 g/mol. The molecule has 2 aromatic rings. The first-order chi connectivity index (χ1) is 14.0. The number of hydrogen-bond acceptors (Lipinski definition) is 5. The van der Waals surface area contributed by atoms with Crippen LogP contribution in [-0.4, -0.2) is 60.2 Å². The molecule has 0 radical (unpaired) electrons. The van der Waals surface area contributed by atoms with Crippen LogP contribution in [0.5, 0.6) is 11.5 Å². The fourth-order valence-electron chi connectivity index (χ4n) is 3.14. The molecule has 0 aliphatic heterocycles. The standard InChI is InChI=1S/C24H35NO4/c1-4-5-12-25(15-21(26)17-28-23-10-6-8-19(2)13-23)16-22(27)18-29-24-11-7-9-20(3)14-24/h6-11,13-14,21-22,26-27H,4-5,12,15-18H2,1-3H3/t21-,22-/m1/s1. The molecule has 5 heteroatoms. The molecule has 2 aromatic carbocycles. The Hall–Kier alpha value is -2.08. The van der Waals surface area contributed by atoms with Crippen LogP contribution in [0.4, 0.5) is 0 Å². The molecule has 0 fully saturated rings. The minimum absolute atomic E-state index is 0.224. The molecule has 0 spiro atoms. The Morgan fingerprint density at radius 2 is 1.31 bits per heavy atom. The van der Waals surface area contributed by atoms with Gasteiger partial charge in [-0.15, -0.1) is 0 Å². The molecule has 0 saturated heterocycles. The van der Waals surface area contributed by atoms with Gasteiger partial charge in [0.25, 0.3) is 0 Å². The van der Waals surface area contributed by atoms with Crippen LogP contribution in [0.15, 0.2) is 48.5 Å². The van der Waals surface area contributed by atoms with Crippen LogP contribution in [0.2, 0.25) is 0 Å². The van der Waals surface area contributed by atoms with Crippen molar-refractivity contribution in [2.45, 2.75) is 45.8 Å². The Morgan fingerprint density at radius 1 is 0.828 bits per heavy atom. The summed E-state index contributed by atoms with van der Waals surface area (Å²) in [5.41, 5.74) is 2.25. The highest BCUT2D eigenvalue weighted by molar-refractivity contribution is 5.28. The van der Waals surface area contributed by atoms with E-state index in [9.17, 15) is 10.2 Å². The van der Waals surface area contributed by atoms with E-state index in [1.54, 1.807) is 0 Å². The average molecular weight is 402 g/mol. The van der Waals surface area contributed by atoms with Crippen LogP contribution in [0.3, 0.4) is 0 Å². The number of unbranched alkanes of at least 4 members (excludes halogenated alkanes) is 1. The van der Waals surface area contributed by atoms with Crippen LogP contribution in [0, 0.1) is 13.8 Å². The van der Waals surface area contributed by atoms with E-state index >= 15 is 0 Å². The normalized spacial score (nSPS) is 13.3. The summed E-state index contributed by atoms with van der Waals surface area (Å²) < 4.78 is 11.4. The maximum Gasteiger partial charge on any atom is 0.119 e. The van der Waals surface area contributed by atoms with Gasteiger partial charge in [-0.25, -0.2) is 0 Å². The van der Waals surface area contributed by atoms with Crippen molar-refractivity contribution in [3.05, 3.63) is 59.7 Å². The van der Waals surface area contributed by atoms with E-state index in [4.69, 9.17) is 9.47 Å².